The second-order valence-corrected chi connectivity index (χ2v) is 18.8. The van der Waals surface area contributed by atoms with Crippen LogP contribution in [0.25, 0.3) is 0 Å². The summed E-state index contributed by atoms with van der Waals surface area (Å²) in [6.07, 6.45) is 0. The van der Waals surface area contributed by atoms with Crippen LogP contribution < -0.4 is 9.80 Å². The van der Waals surface area contributed by atoms with E-state index in [2.05, 4.69) is 166 Å². The first-order valence-electron chi connectivity index (χ1n) is 16.8. The van der Waals surface area contributed by atoms with Gasteiger partial charge in [-0.3, -0.25) is 0 Å². The van der Waals surface area contributed by atoms with Crippen LogP contribution in [0.4, 0.5) is 11.4 Å². The van der Waals surface area contributed by atoms with E-state index < -0.39 is 13.5 Å². The van der Waals surface area contributed by atoms with Gasteiger partial charge in [0.05, 0.1) is 0 Å². The number of rotatable bonds is 9. The van der Waals surface area contributed by atoms with Crippen LogP contribution in [-0.2, 0) is 33.2 Å². The van der Waals surface area contributed by atoms with Gasteiger partial charge in [0.15, 0.2) is 0 Å². The molecule has 5 aromatic carbocycles. The molecule has 0 saturated carbocycles. The Bertz CT molecular complexity index is 1720. The zero-order valence-electron chi connectivity index (χ0n) is 29.5. The van der Waals surface area contributed by atoms with Crippen LogP contribution in [0.2, 0.25) is 0 Å². The van der Waals surface area contributed by atoms with E-state index >= 15 is 0 Å². The molecule has 1 saturated heterocycles. The third-order valence-corrected chi connectivity index (χ3v) is 10.7. The fourth-order valence-electron chi connectivity index (χ4n) is 7.04. The Morgan fingerprint density at radius 1 is 0.592 bits per heavy atom. The molecule has 0 amide bonds. The van der Waals surface area contributed by atoms with Crippen molar-refractivity contribution < 1.29 is 13.5 Å². The summed E-state index contributed by atoms with van der Waals surface area (Å²) in [5.41, 5.74) is 15.9. The monoisotopic (exact) mass is 778 g/mol. The quantitative estimate of drug-likeness (QED) is 0.109. The van der Waals surface area contributed by atoms with E-state index in [0.29, 0.717) is 0 Å². The molecule has 0 N–H and O–H groups in total. The van der Waals surface area contributed by atoms with Gasteiger partial charge in [-0.25, -0.2) is 0 Å². The number of aryl methyl sites for hydroxylation is 6. The van der Waals surface area contributed by atoms with E-state index in [-0.39, 0.29) is 0 Å². The van der Waals surface area contributed by atoms with Crippen molar-refractivity contribution in [1.82, 2.24) is 4.90 Å². The number of hydrogen-bond acceptors (Lipinski definition) is 3. The molecule has 0 atom stereocenters. The van der Waals surface area contributed by atoms with E-state index in [9.17, 15) is 0 Å². The first-order valence-corrected chi connectivity index (χ1v) is 22.3. The van der Waals surface area contributed by atoms with Crippen LogP contribution in [-0.4, -0.2) is 22.6 Å². The van der Waals surface area contributed by atoms with Crippen LogP contribution in [0.15, 0.2) is 109 Å². The van der Waals surface area contributed by atoms with Gasteiger partial charge in [-0.15, -0.1) is 0 Å². The molecule has 0 unspecified atom stereocenters. The Kier molecular flexibility index (Phi) is 13.3. The summed E-state index contributed by atoms with van der Waals surface area (Å²) < 4.78 is 2.03. The summed E-state index contributed by atoms with van der Waals surface area (Å²) in [5, 5.41) is 0. The SMILES string of the molecule is Cc1cc(C)c(N2[CH-]N(c3c(C)cc(C)cc3C)CC2)c(C)c1.[Cl][Ru]([Cl])=[CH]c1ccccc1CN(Cc1ccccc1)Cc1ccccc1. The third kappa shape index (κ3) is 10.4. The second-order valence-electron chi connectivity index (χ2n) is 13.1. The van der Waals surface area contributed by atoms with E-state index in [0.717, 1.165) is 38.3 Å². The zero-order valence-corrected chi connectivity index (χ0v) is 32.8. The van der Waals surface area contributed by atoms with Gasteiger partial charge in [0.1, 0.15) is 0 Å². The second kappa shape index (κ2) is 17.6. The van der Waals surface area contributed by atoms with Crippen molar-refractivity contribution in [2.75, 3.05) is 22.9 Å². The van der Waals surface area contributed by atoms with Crippen molar-refractivity contribution in [3.05, 3.63) is 171 Å². The van der Waals surface area contributed by atoms with E-state index in [1.807, 2.05) is 10.7 Å². The average molecular weight is 779 g/mol. The molecule has 0 radical (unpaired) electrons. The fraction of sp³-hybridized carbons (Fsp3) is 0.256. The predicted octanol–water partition coefficient (Wildman–Crippen LogP) is 10.9. The van der Waals surface area contributed by atoms with Gasteiger partial charge in [0, 0.05) is 24.5 Å². The zero-order chi connectivity index (χ0) is 34.9. The normalized spacial score (nSPS) is 13.0. The number of halogens is 2. The van der Waals surface area contributed by atoms with Crippen LogP contribution in [0.3, 0.4) is 0 Å². The van der Waals surface area contributed by atoms with E-state index in [4.69, 9.17) is 19.4 Å². The van der Waals surface area contributed by atoms with Crippen LogP contribution in [0, 0.1) is 48.2 Å². The molecule has 49 heavy (non-hydrogen) atoms. The summed E-state index contributed by atoms with van der Waals surface area (Å²) in [6.45, 7) is 20.2. The van der Waals surface area contributed by atoms with Crippen LogP contribution in [0.5, 0.6) is 0 Å². The molecule has 0 spiro atoms. The van der Waals surface area contributed by atoms with Crippen molar-refractivity contribution in [2.45, 2.75) is 61.2 Å². The van der Waals surface area contributed by atoms with Gasteiger partial charge in [-0.05, 0) is 63.8 Å². The van der Waals surface area contributed by atoms with Crippen molar-refractivity contribution in [1.29, 1.82) is 0 Å². The summed E-state index contributed by atoms with van der Waals surface area (Å²) >= 11 is -1.85. The number of benzene rings is 5. The Morgan fingerprint density at radius 3 is 1.43 bits per heavy atom. The Balaban J connectivity index is 0.000000192. The first kappa shape index (κ1) is 37.0. The standard InChI is InChI=1S/C22H21N.C21H27N2.2ClH.Ru/c1-19-10-8-9-15-22(19)18-23(16-20-11-4-2-5-12-20)17-21-13-6-3-7-14-21;1-14-9-16(3)20(17(4)10-14)22-7-8-23(13-22)21-18(5)11-15(2)12-19(21)6;;;/h1-15H,16-18H2;9-13H,7-8H2,1-6H3;2*1H;/q;-1;;;+2/p-2. The van der Waals surface area contributed by atoms with Crippen LogP contribution >= 0.6 is 19.4 Å². The van der Waals surface area contributed by atoms with Crippen molar-refractivity contribution in [3.8, 4) is 0 Å². The molecule has 5 aromatic rings. The number of hydrogen-bond donors (Lipinski definition) is 0. The minimum atomic E-state index is -1.85. The Morgan fingerprint density at radius 2 is 1.00 bits per heavy atom. The molecule has 1 aliphatic heterocycles. The van der Waals surface area contributed by atoms with Gasteiger partial charge in [-0.1, -0.05) is 35.4 Å². The first-order chi connectivity index (χ1) is 23.6. The molecule has 6 heteroatoms. The van der Waals surface area contributed by atoms with Crippen molar-refractivity contribution >= 4 is 35.4 Å². The molecule has 0 bridgehead atoms. The minimum absolute atomic E-state index is 0.853. The molecule has 1 aliphatic rings. The molecule has 1 fully saturated rings. The molecule has 0 aliphatic carbocycles. The summed E-state index contributed by atoms with van der Waals surface area (Å²) in [4.78, 5) is 7.27. The maximum atomic E-state index is 6.12. The van der Waals surface area contributed by atoms with E-state index in [1.165, 1.54) is 61.4 Å². The third-order valence-electron chi connectivity index (χ3n) is 8.84. The molecule has 6 rings (SSSR count). The summed E-state index contributed by atoms with van der Waals surface area (Å²) in [6, 6.07) is 38.7. The van der Waals surface area contributed by atoms with Gasteiger partial charge in [-0.2, -0.15) is 6.67 Å². The molecule has 1 heterocycles. The van der Waals surface area contributed by atoms with E-state index in [1.54, 1.807) is 0 Å². The maximum absolute atomic E-state index is 6.12. The Hall–Kier alpha value is -3.27. The topological polar surface area (TPSA) is 9.72 Å². The van der Waals surface area contributed by atoms with Crippen LogP contribution in [0.1, 0.15) is 55.6 Å². The molecule has 3 nitrogen and oxygen atoms in total. The molecule has 258 valence electrons. The Labute approximate surface area is 307 Å². The fourth-order valence-corrected chi connectivity index (χ4v) is 8.92. The molecule has 0 aromatic heterocycles. The number of anilines is 2. The molecular weight excluding hydrogens is 730 g/mol. The number of nitrogens with zero attached hydrogens (tertiary/aromatic N) is 3. The van der Waals surface area contributed by atoms with Crippen molar-refractivity contribution in [2.24, 2.45) is 0 Å². The average Bonchev–Trinajstić information content (AvgIpc) is 3.51. The van der Waals surface area contributed by atoms with Gasteiger partial charge >= 0.3 is 169 Å². The summed E-state index contributed by atoms with van der Waals surface area (Å²) in [5.74, 6) is 0. The molecular formula is C43H48Cl2N3Ru-. The van der Waals surface area contributed by atoms with Gasteiger partial charge < -0.3 is 9.80 Å². The van der Waals surface area contributed by atoms with Gasteiger partial charge in [0.25, 0.3) is 0 Å². The summed E-state index contributed by atoms with van der Waals surface area (Å²) in [7, 11) is 12.2. The van der Waals surface area contributed by atoms with Gasteiger partial charge in [0.2, 0.25) is 0 Å². The predicted molar refractivity (Wildman–Crippen MR) is 209 cm³/mol. The van der Waals surface area contributed by atoms with Crippen molar-refractivity contribution in [3.63, 3.8) is 0 Å².